The van der Waals surface area contributed by atoms with Crippen molar-refractivity contribution in [2.24, 2.45) is 11.7 Å². The second kappa shape index (κ2) is 5.83. The Morgan fingerprint density at radius 3 is 2.80 bits per heavy atom. The highest BCUT2D eigenvalue weighted by molar-refractivity contribution is 4.83. The molecule has 0 radical (unpaired) electrons. The molecule has 0 spiro atoms. The van der Waals surface area contributed by atoms with Crippen LogP contribution >= 0.6 is 0 Å². The minimum atomic E-state index is 0.0508. The number of ether oxygens (including phenoxy) is 1. The molecular weight excluding hydrogens is 188 g/mol. The smallest absolute Gasteiger partial charge is 0.0779 e. The van der Waals surface area contributed by atoms with Crippen LogP contribution < -0.4 is 11.1 Å². The van der Waals surface area contributed by atoms with Crippen molar-refractivity contribution in [1.82, 2.24) is 5.32 Å². The summed E-state index contributed by atoms with van der Waals surface area (Å²) in [6.07, 6.45) is 3.50. The van der Waals surface area contributed by atoms with E-state index >= 15 is 0 Å². The fraction of sp³-hybridized carbons (Fsp3) is 1.00. The molecule has 1 aliphatic rings. The van der Waals surface area contributed by atoms with Crippen LogP contribution in [0.5, 0.6) is 0 Å². The standard InChI is InChI=1S/C12H26N2O/c1-4-10(2)11(13)8-14-9-12(3)6-5-7-15-12/h10-11,14H,4-9,13H2,1-3H3. The maximum Gasteiger partial charge on any atom is 0.0779 e. The van der Waals surface area contributed by atoms with Gasteiger partial charge in [0.15, 0.2) is 0 Å². The monoisotopic (exact) mass is 214 g/mol. The van der Waals surface area contributed by atoms with E-state index in [-0.39, 0.29) is 11.6 Å². The van der Waals surface area contributed by atoms with Crippen LogP contribution in [0.4, 0.5) is 0 Å². The summed E-state index contributed by atoms with van der Waals surface area (Å²) in [7, 11) is 0. The molecule has 3 heteroatoms. The topological polar surface area (TPSA) is 47.3 Å². The molecular formula is C12H26N2O. The maximum absolute atomic E-state index is 6.05. The third kappa shape index (κ3) is 4.09. The van der Waals surface area contributed by atoms with Crippen LogP contribution in [0.25, 0.3) is 0 Å². The first-order chi connectivity index (χ1) is 7.07. The van der Waals surface area contributed by atoms with Crippen molar-refractivity contribution >= 4 is 0 Å². The molecule has 1 aliphatic heterocycles. The van der Waals surface area contributed by atoms with E-state index in [4.69, 9.17) is 10.5 Å². The molecule has 3 N–H and O–H groups in total. The Morgan fingerprint density at radius 1 is 1.53 bits per heavy atom. The second-order valence-electron chi connectivity index (χ2n) is 5.08. The minimum Gasteiger partial charge on any atom is -0.374 e. The molecule has 0 amide bonds. The van der Waals surface area contributed by atoms with E-state index in [1.54, 1.807) is 0 Å². The summed E-state index contributed by atoms with van der Waals surface area (Å²) in [6.45, 7) is 9.31. The third-order valence-electron chi connectivity index (χ3n) is 3.55. The van der Waals surface area contributed by atoms with E-state index in [2.05, 4.69) is 26.1 Å². The van der Waals surface area contributed by atoms with Crippen LogP contribution in [-0.2, 0) is 4.74 Å². The highest BCUT2D eigenvalue weighted by atomic mass is 16.5. The zero-order valence-corrected chi connectivity index (χ0v) is 10.4. The second-order valence-corrected chi connectivity index (χ2v) is 5.08. The predicted octanol–water partition coefficient (Wildman–Crippen LogP) is 1.52. The Kier molecular flexibility index (Phi) is 5.03. The summed E-state index contributed by atoms with van der Waals surface area (Å²) in [5.41, 5.74) is 6.10. The number of hydrogen-bond acceptors (Lipinski definition) is 3. The number of nitrogens with one attached hydrogen (secondary N) is 1. The van der Waals surface area contributed by atoms with Gasteiger partial charge in [0, 0.05) is 25.7 Å². The van der Waals surface area contributed by atoms with Gasteiger partial charge in [-0.1, -0.05) is 20.3 Å². The average Bonchev–Trinajstić information content (AvgIpc) is 2.64. The van der Waals surface area contributed by atoms with E-state index in [9.17, 15) is 0 Å². The normalized spacial score (nSPS) is 30.4. The van der Waals surface area contributed by atoms with E-state index in [0.717, 1.165) is 26.1 Å². The van der Waals surface area contributed by atoms with Crippen molar-refractivity contribution in [3.8, 4) is 0 Å². The third-order valence-corrected chi connectivity index (χ3v) is 3.55. The van der Waals surface area contributed by atoms with Crippen molar-refractivity contribution in [3.63, 3.8) is 0 Å². The molecule has 0 aliphatic carbocycles. The summed E-state index contributed by atoms with van der Waals surface area (Å²) < 4.78 is 5.71. The zero-order chi connectivity index (χ0) is 11.3. The Bertz CT molecular complexity index is 178. The van der Waals surface area contributed by atoms with Gasteiger partial charge in [0.1, 0.15) is 0 Å². The zero-order valence-electron chi connectivity index (χ0n) is 10.4. The average molecular weight is 214 g/mol. The van der Waals surface area contributed by atoms with Gasteiger partial charge in [-0.3, -0.25) is 0 Å². The first-order valence-electron chi connectivity index (χ1n) is 6.17. The van der Waals surface area contributed by atoms with Crippen LogP contribution in [0.3, 0.4) is 0 Å². The Labute approximate surface area is 93.8 Å². The number of nitrogens with two attached hydrogens (primary N) is 1. The van der Waals surface area contributed by atoms with Gasteiger partial charge in [-0.15, -0.1) is 0 Å². The van der Waals surface area contributed by atoms with Gasteiger partial charge in [0.25, 0.3) is 0 Å². The maximum atomic E-state index is 6.05. The molecule has 3 atom stereocenters. The van der Waals surface area contributed by atoms with Crippen molar-refractivity contribution in [1.29, 1.82) is 0 Å². The first kappa shape index (κ1) is 12.9. The van der Waals surface area contributed by atoms with Crippen molar-refractivity contribution in [3.05, 3.63) is 0 Å². The first-order valence-corrected chi connectivity index (χ1v) is 6.17. The molecule has 3 nitrogen and oxygen atoms in total. The van der Waals surface area contributed by atoms with Gasteiger partial charge in [-0.05, 0) is 25.7 Å². The summed E-state index contributed by atoms with van der Waals surface area (Å²) in [5, 5.41) is 3.43. The van der Waals surface area contributed by atoms with Crippen LogP contribution in [0, 0.1) is 5.92 Å². The summed E-state index contributed by atoms with van der Waals surface area (Å²) in [6, 6.07) is 0.264. The predicted molar refractivity (Wildman–Crippen MR) is 63.9 cm³/mol. The lowest BCUT2D eigenvalue weighted by molar-refractivity contribution is 0.0205. The van der Waals surface area contributed by atoms with Crippen LogP contribution in [0.2, 0.25) is 0 Å². The molecule has 15 heavy (non-hydrogen) atoms. The van der Waals surface area contributed by atoms with Crippen molar-refractivity contribution in [2.75, 3.05) is 19.7 Å². The van der Waals surface area contributed by atoms with Gasteiger partial charge in [-0.2, -0.15) is 0 Å². The molecule has 1 heterocycles. The lowest BCUT2D eigenvalue weighted by Gasteiger charge is -2.26. The Morgan fingerprint density at radius 2 is 2.27 bits per heavy atom. The van der Waals surface area contributed by atoms with E-state index < -0.39 is 0 Å². The summed E-state index contributed by atoms with van der Waals surface area (Å²) >= 11 is 0. The fourth-order valence-corrected chi connectivity index (χ4v) is 1.98. The van der Waals surface area contributed by atoms with Crippen LogP contribution in [-0.4, -0.2) is 31.3 Å². The quantitative estimate of drug-likeness (QED) is 0.705. The Balaban J connectivity index is 2.15. The van der Waals surface area contributed by atoms with E-state index in [1.807, 2.05) is 0 Å². The van der Waals surface area contributed by atoms with Gasteiger partial charge >= 0.3 is 0 Å². The van der Waals surface area contributed by atoms with Crippen molar-refractivity contribution in [2.45, 2.75) is 51.7 Å². The molecule has 0 bridgehead atoms. The molecule has 1 saturated heterocycles. The van der Waals surface area contributed by atoms with E-state index in [1.165, 1.54) is 12.8 Å². The molecule has 1 fully saturated rings. The molecule has 90 valence electrons. The molecule has 3 unspecified atom stereocenters. The number of rotatable bonds is 6. The van der Waals surface area contributed by atoms with Gasteiger partial charge in [0.2, 0.25) is 0 Å². The highest BCUT2D eigenvalue weighted by Crippen LogP contribution is 2.23. The SMILES string of the molecule is CCC(C)C(N)CNCC1(C)CCCO1. The van der Waals surface area contributed by atoms with Crippen molar-refractivity contribution < 1.29 is 4.74 Å². The van der Waals surface area contributed by atoms with Gasteiger partial charge in [0.05, 0.1) is 5.60 Å². The summed E-state index contributed by atoms with van der Waals surface area (Å²) in [5.74, 6) is 0.592. The number of hydrogen-bond donors (Lipinski definition) is 2. The Hall–Kier alpha value is -0.120. The van der Waals surface area contributed by atoms with Crippen LogP contribution in [0.1, 0.15) is 40.0 Å². The molecule has 0 aromatic carbocycles. The lowest BCUT2D eigenvalue weighted by Crippen LogP contribution is -2.44. The largest absolute Gasteiger partial charge is 0.374 e. The van der Waals surface area contributed by atoms with E-state index in [0.29, 0.717) is 5.92 Å². The molecule has 0 aromatic heterocycles. The molecule has 0 saturated carbocycles. The lowest BCUT2D eigenvalue weighted by atomic mass is 9.99. The van der Waals surface area contributed by atoms with Crippen LogP contribution in [0.15, 0.2) is 0 Å². The molecule has 0 aromatic rings. The van der Waals surface area contributed by atoms with Gasteiger partial charge < -0.3 is 15.8 Å². The van der Waals surface area contributed by atoms with Gasteiger partial charge in [-0.25, -0.2) is 0 Å². The molecule has 1 rings (SSSR count). The fourth-order valence-electron chi connectivity index (χ4n) is 1.98. The summed E-state index contributed by atoms with van der Waals surface area (Å²) in [4.78, 5) is 0. The minimum absolute atomic E-state index is 0.0508. The highest BCUT2D eigenvalue weighted by Gasteiger charge is 2.29.